The van der Waals surface area contributed by atoms with E-state index in [1.165, 1.54) is 0 Å². The van der Waals surface area contributed by atoms with Crippen LogP contribution in [-0.4, -0.2) is 75.6 Å². The fourth-order valence-electron chi connectivity index (χ4n) is 2.05. The van der Waals surface area contributed by atoms with E-state index in [-0.39, 0.29) is 5.91 Å². The van der Waals surface area contributed by atoms with Crippen LogP contribution in [0.3, 0.4) is 0 Å². The molecule has 1 heterocycles. The Bertz CT molecular complexity index is 233. The predicted molar refractivity (Wildman–Crippen MR) is 70.1 cm³/mol. The van der Waals surface area contributed by atoms with Gasteiger partial charge in [-0.3, -0.25) is 4.79 Å². The van der Waals surface area contributed by atoms with Crippen LogP contribution in [0, 0.1) is 0 Å². The predicted octanol–water partition coefficient (Wildman–Crippen LogP) is -0.652. The van der Waals surface area contributed by atoms with E-state index in [0.717, 1.165) is 39.1 Å². The van der Waals surface area contributed by atoms with Gasteiger partial charge in [0.2, 0.25) is 5.91 Å². The van der Waals surface area contributed by atoms with Crippen molar-refractivity contribution in [1.29, 1.82) is 0 Å². The van der Waals surface area contributed by atoms with Gasteiger partial charge in [-0.15, -0.1) is 0 Å². The van der Waals surface area contributed by atoms with E-state index in [1.807, 2.05) is 14.1 Å². The highest BCUT2D eigenvalue weighted by Gasteiger charge is 2.18. The minimum Gasteiger partial charge on any atom is -0.356 e. The number of hydrogen-bond donors (Lipinski definition) is 2. The average Bonchev–Trinajstić information content (AvgIpc) is 2.24. The van der Waals surface area contributed by atoms with Crippen LogP contribution in [0.5, 0.6) is 0 Å². The minimum atomic E-state index is 0.163. The van der Waals surface area contributed by atoms with Crippen LogP contribution in [-0.2, 0) is 4.79 Å². The van der Waals surface area contributed by atoms with Crippen molar-refractivity contribution >= 4 is 5.91 Å². The molecule has 1 atom stereocenters. The zero-order chi connectivity index (χ0) is 12.7. The molecule has 0 aromatic heterocycles. The summed E-state index contributed by atoms with van der Waals surface area (Å²) in [5.74, 6) is 0.163. The second kappa shape index (κ2) is 7.63. The number of carbonyl (C=O) groups is 1. The van der Waals surface area contributed by atoms with Crippen molar-refractivity contribution in [3.05, 3.63) is 0 Å². The monoisotopic (exact) mass is 242 g/mol. The molecule has 100 valence electrons. The van der Waals surface area contributed by atoms with Gasteiger partial charge in [0.1, 0.15) is 0 Å². The Labute approximate surface area is 105 Å². The first-order chi connectivity index (χ1) is 8.08. The Hall–Kier alpha value is -0.650. The van der Waals surface area contributed by atoms with E-state index in [2.05, 4.69) is 27.5 Å². The molecular weight excluding hydrogens is 216 g/mol. The first-order valence-electron chi connectivity index (χ1n) is 6.41. The first kappa shape index (κ1) is 14.4. The second-order valence-corrected chi connectivity index (χ2v) is 5.12. The summed E-state index contributed by atoms with van der Waals surface area (Å²) in [5.41, 5.74) is 0. The Morgan fingerprint density at radius 2 is 2.29 bits per heavy atom. The average molecular weight is 242 g/mol. The van der Waals surface area contributed by atoms with Gasteiger partial charge in [0.15, 0.2) is 0 Å². The number of rotatable bonds is 6. The van der Waals surface area contributed by atoms with Crippen LogP contribution in [0.2, 0.25) is 0 Å². The van der Waals surface area contributed by atoms with Crippen LogP contribution in [0.15, 0.2) is 0 Å². The SMILES string of the molecule is CN(C)CCCNC(=O)CC1CN(C)CCN1. The molecule has 0 bridgehead atoms. The summed E-state index contributed by atoms with van der Waals surface area (Å²) in [5, 5.41) is 6.35. The second-order valence-electron chi connectivity index (χ2n) is 5.12. The van der Waals surface area contributed by atoms with E-state index < -0.39 is 0 Å². The molecule has 1 aliphatic rings. The number of hydrogen-bond acceptors (Lipinski definition) is 4. The number of piperazine rings is 1. The Balaban J connectivity index is 2.07. The van der Waals surface area contributed by atoms with Crippen LogP contribution < -0.4 is 10.6 Å². The zero-order valence-corrected chi connectivity index (χ0v) is 11.3. The highest BCUT2D eigenvalue weighted by Crippen LogP contribution is 2.00. The molecule has 1 rings (SSSR count). The largest absolute Gasteiger partial charge is 0.356 e. The molecule has 0 aromatic rings. The summed E-state index contributed by atoms with van der Waals surface area (Å²) in [6, 6.07) is 0.308. The maximum Gasteiger partial charge on any atom is 0.221 e. The van der Waals surface area contributed by atoms with E-state index in [0.29, 0.717) is 12.5 Å². The summed E-state index contributed by atoms with van der Waals surface area (Å²) in [6.45, 7) is 4.81. The van der Waals surface area contributed by atoms with Gasteiger partial charge in [0.05, 0.1) is 0 Å². The highest BCUT2D eigenvalue weighted by molar-refractivity contribution is 5.76. The summed E-state index contributed by atoms with van der Waals surface area (Å²) in [4.78, 5) is 16.1. The fraction of sp³-hybridized carbons (Fsp3) is 0.917. The van der Waals surface area contributed by atoms with Gasteiger partial charge in [-0.2, -0.15) is 0 Å². The van der Waals surface area contributed by atoms with Crippen molar-refractivity contribution < 1.29 is 4.79 Å². The topological polar surface area (TPSA) is 47.6 Å². The van der Waals surface area contributed by atoms with Gasteiger partial charge >= 0.3 is 0 Å². The standard InChI is InChI=1S/C12H26N4O/c1-15(2)7-4-5-14-12(17)9-11-10-16(3)8-6-13-11/h11,13H,4-10H2,1-3H3,(H,14,17). The van der Waals surface area contributed by atoms with Gasteiger partial charge in [0, 0.05) is 38.6 Å². The summed E-state index contributed by atoms with van der Waals surface area (Å²) >= 11 is 0. The Morgan fingerprint density at radius 1 is 1.53 bits per heavy atom. The van der Waals surface area contributed by atoms with Crippen molar-refractivity contribution in [2.24, 2.45) is 0 Å². The number of likely N-dealkylation sites (N-methyl/N-ethyl adjacent to an activating group) is 1. The molecule has 0 saturated carbocycles. The molecule has 1 fully saturated rings. The van der Waals surface area contributed by atoms with Gasteiger partial charge in [-0.25, -0.2) is 0 Å². The number of amides is 1. The molecule has 1 aliphatic heterocycles. The molecule has 5 heteroatoms. The van der Waals surface area contributed by atoms with E-state index >= 15 is 0 Å². The van der Waals surface area contributed by atoms with Crippen LogP contribution >= 0.6 is 0 Å². The maximum atomic E-state index is 11.7. The molecule has 0 radical (unpaired) electrons. The van der Waals surface area contributed by atoms with Gasteiger partial charge in [-0.05, 0) is 34.1 Å². The maximum absolute atomic E-state index is 11.7. The third-order valence-corrected chi connectivity index (χ3v) is 2.99. The lowest BCUT2D eigenvalue weighted by Crippen LogP contribution is -2.50. The number of nitrogens with one attached hydrogen (secondary N) is 2. The molecule has 1 saturated heterocycles. The summed E-state index contributed by atoms with van der Waals surface area (Å²) in [7, 11) is 6.19. The molecule has 0 spiro atoms. The van der Waals surface area contributed by atoms with E-state index in [9.17, 15) is 4.79 Å². The highest BCUT2D eigenvalue weighted by atomic mass is 16.1. The normalized spacial score (nSPS) is 21.8. The van der Waals surface area contributed by atoms with Crippen molar-refractivity contribution in [1.82, 2.24) is 20.4 Å². The summed E-state index contributed by atoms with van der Waals surface area (Å²) in [6.07, 6.45) is 1.60. The molecule has 2 N–H and O–H groups in total. The molecule has 0 aromatic carbocycles. The van der Waals surface area contributed by atoms with Crippen molar-refractivity contribution in [3.8, 4) is 0 Å². The first-order valence-corrected chi connectivity index (χ1v) is 6.41. The molecule has 17 heavy (non-hydrogen) atoms. The number of nitrogens with zero attached hydrogens (tertiary/aromatic N) is 2. The molecule has 1 unspecified atom stereocenters. The van der Waals surface area contributed by atoms with E-state index in [4.69, 9.17) is 0 Å². The lowest BCUT2D eigenvalue weighted by molar-refractivity contribution is -0.121. The Morgan fingerprint density at radius 3 is 2.94 bits per heavy atom. The third-order valence-electron chi connectivity index (χ3n) is 2.99. The molecule has 1 amide bonds. The lowest BCUT2D eigenvalue weighted by Gasteiger charge is -2.30. The van der Waals surface area contributed by atoms with Gasteiger partial charge < -0.3 is 20.4 Å². The summed E-state index contributed by atoms with van der Waals surface area (Å²) < 4.78 is 0. The minimum absolute atomic E-state index is 0.163. The molecular formula is C12H26N4O. The van der Waals surface area contributed by atoms with Crippen molar-refractivity contribution in [3.63, 3.8) is 0 Å². The lowest BCUT2D eigenvalue weighted by atomic mass is 10.1. The van der Waals surface area contributed by atoms with Gasteiger partial charge in [0.25, 0.3) is 0 Å². The molecule has 0 aliphatic carbocycles. The smallest absolute Gasteiger partial charge is 0.221 e. The van der Waals surface area contributed by atoms with Crippen LogP contribution in [0.25, 0.3) is 0 Å². The third kappa shape index (κ3) is 6.61. The van der Waals surface area contributed by atoms with Crippen molar-refractivity contribution in [2.45, 2.75) is 18.9 Å². The number of carbonyl (C=O) groups excluding carboxylic acids is 1. The zero-order valence-electron chi connectivity index (χ0n) is 11.3. The van der Waals surface area contributed by atoms with Crippen molar-refractivity contribution in [2.75, 3.05) is 53.9 Å². The quantitative estimate of drug-likeness (QED) is 0.608. The van der Waals surface area contributed by atoms with Gasteiger partial charge in [-0.1, -0.05) is 0 Å². The molecule has 5 nitrogen and oxygen atoms in total. The van der Waals surface area contributed by atoms with E-state index in [1.54, 1.807) is 0 Å². The van der Waals surface area contributed by atoms with Crippen LogP contribution in [0.4, 0.5) is 0 Å². The Kier molecular flexibility index (Phi) is 6.47. The fourth-order valence-corrected chi connectivity index (χ4v) is 2.05. The van der Waals surface area contributed by atoms with Crippen LogP contribution in [0.1, 0.15) is 12.8 Å².